The number of carbonyl (C=O) groups is 1. The number of hydrogen-bond donors (Lipinski definition) is 1. The molecule has 3 heteroatoms. The van der Waals surface area contributed by atoms with Gasteiger partial charge in [0.2, 0.25) is 0 Å². The van der Waals surface area contributed by atoms with E-state index in [1.807, 2.05) is 0 Å². The second kappa shape index (κ2) is 50.6. The third-order valence-corrected chi connectivity index (χ3v) is 12.6. The van der Waals surface area contributed by atoms with Gasteiger partial charge in [0, 0.05) is 6.42 Å². The van der Waals surface area contributed by atoms with Crippen LogP contribution in [-0.4, -0.2) is 23.8 Å². The van der Waals surface area contributed by atoms with E-state index in [1.165, 1.54) is 270 Å². The zero-order valence-electron chi connectivity index (χ0n) is 39.0. The molecule has 56 heavy (non-hydrogen) atoms. The number of hydrogen-bond acceptors (Lipinski definition) is 3. The highest BCUT2D eigenvalue weighted by Gasteiger charge is 2.05. The van der Waals surface area contributed by atoms with E-state index in [0.717, 1.165) is 32.1 Å². The molecule has 1 unspecified atom stereocenters. The lowest BCUT2D eigenvalue weighted by Gasteiger charge is -2.10. The van der Waals surface area contributed by atoms with Crippen molar-refractivity contribution >= 4 is 5.97 Å². The minimum absolute atomic E-state index is 0.00847. The van der Waals surface area contributed by atoms with Crippen LogP contribution >= 0.6 is 0 Å². The summed E-state index contributed by atoms with van der Waals surface area (Å²) in [5.74, 6) is 0.00847. The second-order valence-electron chi connectivity index (χ2n) is 18.4. The van der Waals surface area contributed by atoms with E-state index >= 15 is 0 Å². The zero-order valence-corrected chi connectivity index (χ0v) is 39.0. The predicted octanol–water partition coefficient (Wildman–Crippen LogP) is 18.7. The lowest BCUT2D eigenvalue weighted by atomic mass is 10.0. The van der Waals surface area contributed by atoms with Gasteiger partial charge in [0.25, 0.3) is 0 Å². The summed E-state index contributed by atoms with van der Waals surface area (Å²) in [4.78, 5) is 12.0. The van der Waals surface area contributed by atoms with Crippen molar-refractivity contribution in [1.29, 1.82) is 0 Å². The number of aliphatic hydroxyl groups excluding tert-OH is 1. The van der Waals surface area contributed by atoms with Crippen LogP contribution in [0.25, 0.3) is 0 Å². The van der Waals surface area contributed by atoms with Crippen molar-refractivity contribution in [2.45, 2.75) is 328 Å². The van der Waals surface area contributed by atoms with Gasteiger partial charge in [0.05, 0.1) is 12.7 Å². The summed E-state index contributed by atoms with van der Waals surface area (Å²) >= 11 is 0. The van der Waals surface area contributed by atoms with Crippen molar-refractivity contribution in [3.05, 3.63) is 0 Å². The molecule has 0 aromatic rings. The van der Waals surface area contributed by atoms with E-state index in [4.69, 9.17) is 4.74 Å². The maximum absolute atomic E-state index is 12.0. The molecule has 0 fully saturated rings. The van der Waals surface area contributed by atoms with Crippen molar-refractivity contribution in [3.8, 4) is 0 Å². The molecule has 0 rings (SSSR count). The lowest BCUT2D eigenvalue weighted by molar-refractivity contribution is -0.143. The molecule has 0 spiro atoms. The van der Waals surface area contributed by atoms with Crippen LogP contribution in [0.5, 0.6) is 0 Å². The quantitative estimate of drug-likeness (QED) is 0.0493. The molecule has 0 saturated heterocycles. The minimum Gasteiger partial charge on any atom is -0.466 e. The fourth-order valence-corrected chi connectivity index (χ4v) is 8.57. The summed E-state index contributed by atoms with van der Waals surface area (Å²) < 4.78 is 5.48. The molecule has 0 aromatic carbocycles. The normalized spacial score (nSPS) is 12.1. The number of ether oxygens (including phenoxy) is 1. The molecule has 1 N–H and O–H groups in total. The highest BCUT2D eigenvalue weighted by atomic mass is 16.5. The zero-order chi connectivity index (χ0) is 40.5. The van der Waals surface area contributed by atoms with Gasteiger partial charge in [-0.05, 0) is 25.7 Å². The van der Waals surface area contributed by atoms with Crippen LogP contribution < -0.4 is 0 Å². The Bertz CT molecular complexity index is 707. The number of carbonyl (C=O) groups excluding carboxylic acids is 1. The highest BCUT2D eigenvalue weighted by Crippen LogP contribution is 2.18. The Morgan fingerprint density at radius 3 is 0.821 bits per heavy atom. The third kappa shape index (κ3) is 49.6. The van der Waals surface area contributed by atoms with Crippen molar-refractivity contribution in [2.75, 3.05) is 6.61 Å². The molecule has 0 amide bonds. The summed E-state index contributed by atoms with van der Waals surface area (Å²) in [6, 6.07) is 0. The van der Waals surface area contributed by atoms with Gasteiger partial charge in [-0.15, -0.1) is 0 Å². The number of unbranched alkanes of at least 4 members (excludes halogenated alkanes) is 42. The van der Waals surface area contributed by atoms with Gasteiger partial charge in [0.1, 0.15) is 0 Å². The molecule has 0 bridgehead atoms. The summed E-state index contributed by atoms with van der Waals surface area (Å²) in [6.45, 7) is 5.16. The molecular weight excluding hydrogens is 685 g/mol. The molecule has 0 aromatic heterocycles. The van der Waals surface area contributed by atoms with Crippen molar-refractivity contribution in [3.63, 3.8) is 0 Å². The maximum atomic E-state index is 12.0. The maximum Gasteiger partial charge on any atom is 0.305 e. The molecule has 1 atom stereocenters. The number of aliphatic hydroxyl groups is 1. The molecular formula is C53H106O3. The van der Waals surface area contributed by atoms with Gasteiger partial charge in [0.15, 0.2) is 0 Å². The standard InChI is InChI=1S/C53H106O3/c1-3-5-7-9-10-11-12-13-14-15-16-17-18-19-20-21-22-23-24-25-26-27-28-29-30-31-32-33-34-37-40-43-47-51-56-53(55)50-46-42-39-36-35-38-41-45-49-52(54)48-44-8-6-4-2/h52,54H,3-51H2,1-2H3. The molecule has 0 aliphatic carbocycles. The van der Waals surface area contributed by atoms with E-state index < -0.39 is 0 Å². The van der Waals surface area contributed by atoms with Gasteiger partial charge in [-0.1, -0.05) is 290 Å². The first-order chi connectivity index (χ1) is 27.7. The Labute approximate surface area is 354 Å². The molecule has 0 saturated carbocycles. The molecule has 336 valence electrons. The molecule has 0 aliphatic rings. The first kappa shape index (κ1) is 55.4. The smallest absolute Gasteiger partial charge is 0.305 e. The van der Waals surface area contributed by atoms with Crippen LogP contribution in [-0.2, 0) is 9.53 Å². The van der Waals surface area contributed by atoms with E-state index in [2.05, 4.69) is 13.8 Å². The summed E-state index contributed by atoms with van der Waals surface area (Å²) in [5, 5.41) is 10.1. The van der Waals surface area contributed by atoms with E-state index in [1.54, 1.807) is 0 Å². The van der Waals surface area contributed by atoms with Gasteiger partial charge < -0.3 is 9.84 Å². The summed E-state index contributed by atoms with van der Waals surface area (Å²) in [6.07, 6.45) is 64.2. The number of rotatable bonds is 50. The summed E-state index contributed by atoms with van der Waals surface area (Å²) in [5.41, 5.74) is 0. The molecule has 0 radical (unpaired) electrons. The monoisotopic (exact) mass is 791 g/mol. The fourth-order valence-electron chi connectivity index (χ4n) is 8.57. The average Bonchev–Trinajstić information content (AvgIpc) is 3.20. The Morgan fingerprint density at radius 2 is 0.536 bits per heavy atom. The van der Waals surface area contributed by atoms with Crippen LogP contribution in [0.4, 0.5) is 0 Å². The molecule has 3 nitrogen and oxygen atoms in total. The Morgan fingerprint density at radius 1 is 0.321 bits per heavy atom. The topological polar surface area (TPSA) is 46.5 Å². The summed E-state index contributed by atoms with van der Waals surface area (Å²) in [7, 11) is 0. The van der Waals surface area contributed by atoms with E-state index in [9.17, 15) is 9.90 Å². The fraction of sp³-hybridized carbons (Fsp3) is 0.981. The highest BCUT2D eigenvalue weighted by molar-refractivity contribution is 5.69. The Balaban J connectivity index is 3.15. The predicted molar refractivity (Wildman–Crippen MR) is 250 cm³/mol. The van der Waals surface area contributed by atoms with Crippen molar-refractivity contribution in [1.82, 2.24) is 0 Å². The van der Waals surface area contributed by atoms with Crippen LogP contribution in [0.15, 0.2) is 0 Å². The first-order valence-electron chi connectivity index (χ1n) is 26.5. The largest absolute Gasteiger partial charge is 0.466 e. The van der Waals surface area contributed by atoms with E-state index in [0.29, 0.717) is 13.0 Å². The average molecular weight is 791 g/mol. The van der Waals surface area contributed by atoms with Gasteiger partial charge in [-0.2, -0.15) is 0 Å². The third-order valence-electron chi connectivity index (χ3n) is 12.6. The SMILES string of the molecule is CCCCCCCCCCCCCCCCCCCCCCCCCCCCCCCCCCCOC(=O)CCCCCCCCCCC(O)CCCCCC. The van der Waals surface area contributed by atoms with Gasteiger partial charge in [-0.3, -0.25) is 4.79 Å². The molecule has 0 heterocycles. The second-order valence-corrected chi connectivity index (χ2v) is 18.4. The van der Waals surface area contributed by atoms with Crippen LogP contribution in [0.2, 0.25) is 0 Å². The number of esters is 1. The first-order valence-corrected chi connectivity index (χ1v) is 26.5. The van der Waals surface area contributed by atoms with Gasteiger partial charge >= 0.3 is 5.97 Å². The minimum atomic E-state index is -0.0796. The van der Waals surface area contributed by atoms with Crippen molar-refractivity contribution < 1.29 is 14.6 Å². The van der Waals surface area contributed by atoms with Crippen LogP contribution in [0.1, 0.15) is 322 Å². The van der Waals surface area contributed by atoms with Crippen molar-refractivity contribution in [2.24, 2.45) is 0 Å². The van der Waals surface area contributed by atoms with Gasteiger partial charge in [-0.25, -0.2) is 0 Å². The molecule has 0 aliphatic heterocycles. The van der Waals surface area contributed by atoms with E-state index in [-0.39, 0.29) is 12.1 Å². The van der Waals surface area contributed by atoms with Crippen LogP contribution in [0, 0.1) is 0 Å². The Kier molecular flexibility index (Phi) is 50.1. The van der Waals surface area contributed by atoms with Crippen LogP contribution in [0.3, 0.4) is 0 Å². The Hall–Kier alpha value is -0.570. The lowest BCUT2D eigenvalue weighted by Crippen LogP contribution is -2.06.